The number of halogens is 2. The molecule has 2 heterocycles. The lowest BCUT2D eigenvalue weighted by molar-refractivity contribution is -0.152. The minimum atomic E-state index is -3.69. The van der Waals surface area contributed by atoms with Gasteiger partial charge >= 0.3 is 5.97 Å². The molecule has 0 radical (unpaired) electrons. The van der Waals surface area contributed by atoms with Crippen LogP contribution in [0.1, 0.15) is 12.8 Å². The molecule has 0 spiro atoms. The van der Waals surface area contributed by atoms with Crippen LogP contribution < -0.4 is 5.32 Å². The Bertz CT molecular complexity index is 1050. The highest BCUT2D eigenvalue weighted by Crippen LogP contribution is 2.31. The number of alkyl halides is 2. The fourth-order valence-corrected chi connectivity index (χ4v) is 5.22. The second-order valence-electron chi connectivity index (χ2n) is 6.90. The Balaban J connectivity index is 1.48. The van der Waals surface area contributed by atoms with Crippen LogP contribution in [-0.4, -0.2) is 55.0 Å². The summed E-state index contributed by atoms with van der Waals surface area (Å²) in [7, 11) is -3.69. The lowest BCUT2D eigenvalue weighted by Gasteiger charge is -2.29. The average Bonchev–Trinajstić information content (AvgIpc) is 2.79. The number of aromatic nitrogens is 1. The van der Waals surface area contributed by atoms with E-state index in [0.29, 0.717) is 11.8 Å². The lowest BCUT2D eigenvalue weighted by atomic mass is 9.98. The molecule has 1 aromatic heterocycles. The minimum Gasteiger partial charge on any atom is -0.455 e. The molecular formula is C20H21F2N3O5S2. The molecule has 1 saturated heterocycles. The zero-order valence-corrected chi connectivity index (χ0v) is 18.5. The Morgan fingerprint density at radius 1 is 1.19 bits per heavy atom. The first kappa shape index (κ1) is 24.1. The molecule has 0 bridgehead atoms. The molecule has 0 unspecified atom stereocenters. The van der Waals surface area contributed by atoms with Gasteiger partial charge in [0.2, 0.25) is 10.0 Å². The summed E-state index contributed by atoms with van der Waals surface area (Å²) in [5.41, 5.74) is 0.202. The second-order valence-corrected chi connectivity index (χ2v) is 9.87. The summed E-state index contributed by atoms with van der Waals surface area (Å²) in [6, 6.07) is 9.08. The monoisotopic (exact) mass is 485 g/mol. The highest BCUT2D eigenvalue weighted by molar-refractivity contribution is 7.99. The van der Waals surface area contributed by atoms with Gasteiger partial charge in [-0.1, -0.05) is 23.9 Å². The highest BCUT2D eigenvalue weighted by Gasteiger charge is 2.33. The van der Waals surface area contributed by atoms with Gasteiger partial charge in [-0.05, 0) is 37.1 Å². The van der Waals surface area contributed by atoms with E-state index < -0.39 is 40.2 Å². The lowest BCUT2D eigenvalue weighted by Crippen LogP contribution is -2.41. The Kier molecular flexibility index (Phi) is 8.15. The predicted molar refractivity (Wildman–Crippen MR) is 114 cm³/mol. The number of carbonyl (C=O) groups is 2. The van der Waals surface area contributed by atoms with E-state index in [-0.39, 0.29) is 41.4 Å². The van der Waals surface area contributed by atoms with E-state index in [1.54, 1.807) is 12.1 Å². The van der Waals surface area contributed by atoms with Gasteiger partial charge in [-0.2, -0.15) is 13.1 Å². The van der Waals surface area contributed by atoms with Gasteiger partial charge < -0.3 is 10.1 Å². The molecular weight excluding hydrogens is 464 g/mol. The third-order valence-corrected chi connectivity index (χ3v) is 7.45. The summed E-state index contributed by atoms with van der Waals surface area (Å²) in [4.78, 5) is 28.5. The van der Waals surface area contributed by atoms with Gasteiger partial charge in [0, 0.05) is 30.4 Å². The van der Waals surface area contributed by atoms with Crippen LogP contribution in [0.4, 0.5) is 14.5 Å². The van der Waals surface area contributed by atoms with E-state index in [2.05, 4.69) is 10.3 Å². The van der Waals surface area contributed by atoms with Crippen molar-refractivity contribution in [3.63, 3.8) is 0 Å². The van der Waals surface area contributed by atoms with Crippen LogP contribution in [0.15, 0.2) is 58.6 Å². The number of amides is 1. The van der Waals surface area contributed by atoms with Gasteiger partial charge in [0.15, 0.2) is 6.61 Å². The van der Waals surface area contributed by atoms with Crippen LogP contribution in [-0.2, 0) is 24.3 Å². The summed E-state index contributed by atoms with van der Waals surface area (Å²) in [6.45, 7) is -0.288. The van der Waals surface area contributed by atoms with Gasteiger partial charge in [0.1, 0.15) is 4.90 Å². The van der Waals surface area contributed by atoms with Crippen molar-refractivity contribution in [1.82, 2.24) is 9.29 Å². The number of carbonyl (C=O) groups excluding carboxylic acids is 2. The zero-order valence-electron chi connectivity index (χ0n) is 16.8. The van der Waals surface area contributed by atoms with E-state index in [1.165, 1.54) is 41.0 Å². The van der Waals surface area contributed by atoms with Crippen LogP contribution in [0, 0.1) is 5.92 Å². The summed E-state index contributed by atoms with van der Waals surface area (Å²) < 4.78 is 56.8. The molecule has 1 fully saturated rings. The second kappa shape index (κ2) is 10.8. The van der Waals surface area contributed by atoms with Crippen molar-refractivity contribution in [2.45, 2.75) is 28.4 Å². The fraction of sp³-hybridized carbons (Fsp3) is 0.350. The van der Waals surface area contributed by atoms with Gasteiger partial charge in [0.05, 0.1) is 11.6 Å². The van der Waals surface area contributed by atoms with Crippen molar-refractivity contribution in [3.05, 3.63) is 48.8 Å². The van der Waals surface area contributed by atoms with Crippen LogP contribution in [0.5, 0.6) is 0 Å². The molecule has 12 heteroatoms. The first-order chi connectivity index (χ1) is 15.3. The summed E-state index contributed by atoms with van der Waals surface area (Å²) in [6.07, 6.45) is 3.27. The number of esters is 1. The third kappa shape index (κ3) is 6.24. The van der Waals surface area contributed by atoms with Crippen LogP contribution in [0.25, 0.3) is 0 Å². The SMILES string of the molecule is O=C(COC(=O)C1CCN(S(=O)(=O)c2cccnc2)CC1)Nc1ccccc1SC(F)F. The largest absolute Gasteiger partial charge is 0.455 e. The predicted octanol–water partition coefficient (Wildman–Crippen LogP) is 2.98. The normalized spacial score (nSPS) is 15.5. The molecule has 8 nitrogen and oxygen atoms in total. The topological polar surface area (TPSA) is 106 Å². The number of thioether (sulfide) groups is 1. The number of hydrogen-bond donors (Lipinski definition) is 1. The van der Waals surface area contributed by atoms with E-state index in [1.807, 2.05) is 0 Å². The van der Waals surface area contributed by atoms with Gasteiger partial charge in [-0.3, -0.25) is 14.6 Å². The molecule has 1 amide bonds. The molecule has 1 N–H and O–H groups in total. The van der Waals surface area contributed by atoms with Crippen LogP contribution in [0.3, 0.4) is 0 Å². The molecule has 1 aliphatic rings. The molecule has 0 atom stereocenters. The molecule has 1 aromatic carbocycles. The van der Waals surface area contributed by atoms with Gasteiger partial charge in [-0.25, -0.2) is 8.42 Å². The number of para-hydroxylation sites is 1. The Morgan fingerprint density at radius 2 is 1.91 bits per heavy atom. The number of sulfonamides is 1. The molecule has 2 aromatic rings. The maximum Gasteiger partial charge on any atom is 0.309 e. The van der Waals surface area contributed by atoms with E-state index in [4.69, 9.17) is 4.74 Å². The van der Waals surface area contributed by atoms with Crippen molar-refractivity contribution in [1.29, 1.82) is 0 Å². The maximum atomic E-state index is 12.6. The Morgan fingerprint density at radius 3 is 2.56 bits per heavy atom. The Hall–Kier alpha value is -2.57. The van der Waals surface area contributed by atoms with Crippen LogP contribution >= 0.6 is 11.8 Å². The number of piperidine rings is 1. The number of nitrogens with one attached hydrogen (secondary N) is 1. The molecule has 1 aliphatic heterocycles. The smallest absolute Gasteiger partial charge is 0.309 e. The minimum absolute atomic E-state index is 0.0861. The summed E-state index contributed by atoms with van der Waals surface area (Å²) >= 11 is 0.301. The van der Waals surface area contributed by atoms with Crippen molar-refractivity contribution >= 4 is 39.3 Å². The summed E-state index contributed by atoms with van der Waals surface area (Å²) in [5.74, 6) is -4.44. The van der Waals surface area contributed by atoms with E-state index in [0.717, 1.165) is 0 Å². The van der Waals surface area contributed by atoms with Crippen molar-refractivity contribution < 1.29 is 31.5 Å². The zero-order chi connectivity index (χ0) is 23.1. The molecule has 32 heavy (non-hydrogen) atoms. The van der Waals surface area contributed by atoms with Crippen LogP contribution in [0.2, 0.25) is 0 Å². The number of rotatable bonds is 8. The fourth-order valence-electron chi connectivity index (χ4n) is 3.19. The number of anilines is 1. The van der Waals surface area contributed by atoms with Crippen molar-refractivity contribution in [2.24, 2.45) is 5.92 Å². The molecule has 3 rings (SSSR count). The van der Waals surface area contributed by atoms with E-state index in [9.17, 15) is 26.8 Å². The maximum absolute atomic E-state index is 12.6. The van der Waals surface area contributed by atoms with Gasteiger partial charge in [-0.15, -0.1) is 0 Å². The number of nitrogens with zero attached hydrogens (tertiary/aromatic N) is 2. The molecule has 172 valence electrons. The third-order valence-electron chi connectivity index (χ3n) is 4.78. The standard InChI is InChI=1S/C20H21F2N3O5S2/c21-20(22)31-17-6-2-1-5-16(17)24-18(26)13-30-19(27)14-7-10-25(11-8-14)32(28,29)15-4-3-9-23-12-15/h1-6,9,12,14,20H,7-8,10-11,13H2,(H,24,26). The summed E-state index contributed by atoms with van der Waals surface area (Å²) in [5, 5.41) is 2.46. The first-order valence-corrected chi connectivity index (χ1v) is 12.0. The average molecular weight is 486 g/mol. The molecule has 0 saturated carbocycles. The Labute approximate surface area is 188 Å². The highest BCUT2D eigenvalue weighted by atomic mass is 32.2. The molecule has 0 aliphatic carbocycles. The van der Waals surface area contributed by atoms with E-state index >= 15 is 0 Å². The number of benzene rings is 1. The van der Waals surface area contributed by atoms with Gasteiger partial charge in [0.25, 0.3) is 11.7 Å². The number of ether oxygens (including phenoxy) is 1. The first-order valence-electron chi connectivity index (χ1n) is 9.68. The van der Waals surface area contributed by atoms with Crippen molar-refractivity contribution in [2.75, 3.05) is 25.0 Å². The number of pyridine rings is 1. The quantitative estimate of drug-likeness (QED) is 0.453. The number of hydrogen-bond acceptors (Lipinski definition) is 7. The van der Waals surface area contributed by atoms with Crippen molar-refractivity contribution in [3.8, 4) is 0 Å².